The van der Waals surface area contributed by atoms with Gasteiger partial charge in [0.1, 0.15) is 0 Å². The van der Waals surface area contributed by atoms with Gasteiger partial charge in [0, 0.05) is 30.4 Å². The van der Waals surface area contributed by atoms with Crippen molar-refractivity contribution in [3.8, 4) is 0 Å². The number of ether oxygens (including phenoxy) is 1. The minimum absolute atomic E-state index is 0.0333. The first-order valence-corrected chi connectivity index (χ1v) is 6.45. The molecule has 1 fully saturated rings. The van der Waals surface area contributed by atoms with Crippen molar-refractivity contribution in [3.05, 3.63) is 42.1 Å². The van der Waals surface area contributed by atoms with E-state index in [2.05, 4.69) is 4.98 Å². The first-order chi connectivity index (χ1) is 9.19. The van der Waals surface area contributed by atoms with E-state index in [4.69, 9.17) is 10.5 Å². The van der Waals surface area contributed by atoms with Crippen LogP contribution in [0.25, 0.3) is 10.9 Å². The lowest BCUT2D eigenvalue weighted by Gasteiger charge is -2.31. The maximum Gasteiger partial charge on any atom is 0.184 e. The summed E-state index contributed by atoms with van der Waals surface area (Å²) >= 11 is 0. The second-order valence-electron chi connectivity index (χ2n) is 5.01. The van der Waals surface area contributed by atoms with Crippen molar-refractivity contribution in [2.45, 2.75) is 18.4 Å². The van der Waals surface area contributed by atoms with Crippen LogP contribution >= 0.6 is 0 Å². The largest absolute Gasteiger partial charge is 0.381 e. The van der Waals surface area contributed by atoms with Crippen LogP contribution in [0.15, 0.2) is 36.5 Å². The van der Waals surface area contributed by atoms with E-state index >= 15 is 0 Å². The molecular formula is C15H16N2O2. The van der Waals surface area contributed by atoms with Crippen LogP contribution in [0.3, 0.4) is 0 Å². The number of rotatable bonds is 2. The van der Waals surface area contributed by atoms with Gasteiger partial charge >= 0.3 is 0 Å². The molecule has 2 heterocycles. The van der Waals surface area contributed by atoms with E-state index in [0.717, 1.165) is 10.9 Å². The van der Waals surface area contributed by atoms with Crippen molar-refractivity contribution >= 4 is 16.7 Å². The molecule has 0 spiro atoms. The smallest absolute Gasteiger partial charge is 0.184 e. The highest BCUT2D eigenvalue weighted by Gasteiger charge is 2.36. The summed E-state index contributed by atoms with van der Waals surface area (Å²) in [6.07, 6.45) is 2.76. The van der Waals surface area contributed by atoms with E-state index < -0.39 is 5.54 Å². The van der Waals surface area contributed by atoms with Crippen LogP contribution in [0.5, 0.6) is 0 Å². The summed E-state index contributed by atoms with van der Waals surface area (Å²) in [6, 6.07) is 9.61. The number of aromatic nitrogens is 1. The second kappa shape index (κ2) is 4.72. The van der Waals surface area contributed by atoms with Crippen molar-refractivity contribution in [2.24, 2.45) is 5.73 Å². The Bertz CT molecular complexity index is 618. The number of para-hydroxylation sites is 1. The first kappa shape index (κ1) is 12.3. The number of pyridine rings is 1. The number of carbonyl (C=O) groups is 1. The molecule has 0 atom stereocenters. The van der Waals surface area contributed by atoms with Crippen molar-refractivity contribution in [3.63, 3.8) is 0 Å². The molecule has 0 unspecified atom stereocenters. The maximum atomic E-state index is 12.5. The summed E-state index contributed by atoms with van der Waals surface area (Å²) in [4.78, 5) is 16.9. The number of hydrogen-bond acceptors (Lipinski definition) is 4. The van der Waals surface area contributed by atoms with Crippen LogP contribution in [-0.4, -0.2) is 29.5 Å². The van der Waals surface area contributed by atoms with Gasteiger partial charge in [-0.1, -0.05) is 18.2 Å². The van der Waals surface area contributed by atoms with Crippen molar-refractivity contribution in [2.75, 3.05) is 13.2 Å². The molecule has 98 valence electrons. The molecule has 4 nitrogen and oxygen atoms in total. The Morgan fingerprint density at radius 2 is 2.00 bits per heavy atom. The molecule has 1 aromatic heterocycles. The molecule has 0 aliphatic carbocycles. The predicted molar refractivity (Wildman–Crippen MR) is 73.0 cm³/mol. The van der Waals surface area contributed by atoms with E-state index in [1.165, 1.54) is 0 Å². The van der Waals surface area contributed by atoms with Gasteiger partial charge in [-0.3, -0.25) is 9.78 Å². The summed E-state index contributed by atoms with van der Waals surface area (Å²) in [7, 11) is 0. The fraction of sp³-hybridized carbons (Fsp3) is 0.333. The number of ketones is 1. The van der Waals surface area contributed by atoms with Gasteiger partial charge in [0.2, 0.25) is 0 Å². The first-order valence-electron chi connectivity index (χ1n) is 6.45. The SMILES string of the molecule is NC1(C(=O)c2cnc3ccccc3c2)CCOCC1. The average molecular weight is 256 g/mol. The predicted octanol–water partition coefficient (Wildman–Crippen LogP) is 1.93. The molecule has 1 aliphatic heterocycles. The minimum Gasteiger partial charge on any atom is -0.381 e. The lowest BCUT2D eigenvalue weighted by atomic mass is 9.84. The molecule has 0 saturated carbocycles. The summed E-state index contributed by atoms with van der Waals surface area (Å²) in [6.45, 7) is 1.09. The Labute approximate surface area is 111 Å². The molecule has 1 saturated heterocycles. The molecule has 1 aliphatic rings. The van der Waals surface area contributed by atoms with E-state index in [1.807, 2.05) is 30.3 Å². The van der Waals surface area contributed by atoms with Gasteiger partial charge in [-0.15, -0.1) is 0 Å². The minimum atomic E-state index is -0.803. The van der Waals surface area contributed by atoms with Gasteiger partial charge in [-0.2, -0.15) is 0 Å². The third-order valence-corrected chi connectivity index (χ3v) is 3.69. The highest BCUT2D eigenvalue weighted by molar-refractivity contribution is 6.04. The van der Waals surface area contributed by atoms with E-state index in [0.29, 0.717) is 31.6 Å². The van der Waals surface area contributed by atoms with Crippen molar-refractivity contribution in [1.82, 2.24) is 4.98 Å². The summed E-state index contributed by atoms with van der Waals surface area (Å²) in [5.74, 6) is -0.0333. The summed E-state index contributed by atoms with van der Waals surface area (Å²) in [5.41, 5.74) is 6.89. The highest BCUT2D eigenvalue weighted by atomic mass is 16.5. The van der Waals surface area contributed by atoms with Crippen LogP contribution in [0.4, 0.5) is 0 Å². The number of nitrogens with zero attached hydrogens (tertiary/aromatic N) is 1. The highest BCUT2D eigenvalue weighted by Crippen LogP contribution is 2.24. The molecule has 0 radical (unpaired) electrons. The number of carbonyl (C=O) groups excluding carboxylic acids is 1. The number of hydrogen-bond donors (Lipinski definition) is 1. The van der Waals surface area contributed by atoms with Crippen LogP contribution in [0, 0.1) is 0 Å². The Balaban J connectivity index is 1.97. The van der Waals surface area contributed by atoms with Gasteiger partial charge in [0.25, 0.3) is 0 Å². The fourth-order valence-corrected chi connectivity index (χ4v) is 2.45. The topological polar surface area (TPSA) is 65.2 Å². The van der Waals surface area contributed by atoms with Gasteiger partial charge in [0.15, 0.2) is 5.78 Å². The van der Waals surface area contributed by atoms with E-state index in [-0.39, 0.29) is 5.78 Å². The zero-order valence-corrected chi connectivity index (χ0v) is 10.6. The maximum absolute atomic E-state index is 12.5. The third kappa shape index (κ3) is 2.25. The molecular weight excluding hydrogens is 240 g/mol. The van der Waals surface area contributed by atoms with Gasteiger partial charge in [-0.05, 0) is 25.0 Å². The molecule has 3 rings (SSSR count). The van der Waals surface area contributed by atoms with Gasteiger partial charge < -0.3 is 10.5 Å². The Morgan fingerprint density at radius 1 is 1.26 bits per heavy atom. The van der Waals surface area contributed by atoms with Crippen molar-refractivity contribution < 1.29 is 9.53 Å². The Hall–Kier alpha value is -1.78. The lowest BCUT2D eigenvalue weighted by molar-refractivity contribution is 0.0447. The number of benzene rings is 1. The fourth-order valence-electron chi connectivity index (χ4n) is 2.45. The van der Waals surface area contributed by atoms with Gasteiger partial charge in [0.05, 0.1) is 11.1 Å². The standard InChI is InChI=1S/C15H16N2O2/c16-15(5-7-19-8-6-15)14(18)12-9-11-3-1-2-4-13(11)17-10-12/h1-4,9-10H,5-8,16H2. The molecule has 2 aromatic rings. The normalized spacial score (nSPS) is 18.4. The molecule has 4 heteroatoms. The molecule has 2 N–H and O–H groups in total. The number of Topliss-reactive ketones (excluding diaryl/α,β-unsaturated/α-hetero) is 1. The quantitative estimate of drug-likeness (QED) is 0.834. The summed E-state index contributed by atoms with van der Waals surface area (Å²) < 4.78 is 5.27. The molecule has 0 amide bonds. The van der Waals surface area contributed by atoms with E-state index in [9.17, 15) is 4.79 Å². The van der Waals surface area contributed by atoms with Crippen LogP contribution in [-0.2, 0) is 4.74 Å². The Morgan fingerprint density at radius 3 is 2.79 bits per heavy atom. The number of fused-ring (bicyclic) bond motifs is 1. The van der Waals surface area contributed by atoms with Crippen LogP contribution < -0.4 is 5.73 Å². The van der Waals surface area contributed by atoms with Crippen LogP contribution in [0.2, 0.25) is 0 Å². The average Bonchev–Trinajstić information content (AvgIpc) is 2.47. The summed E-state index contributed by atoms with van der Waals surface area (Å²) in [5, 5.41) is 0.962. The van der Waals surface area contributed by atoms with E-state index in [1.54, 1.807) is 6.20 Å². The van der Waals surface area contributed by atoms with Gasteiger partial charge in [-0.25, -0.2) is 0 Å². The molecule has 0 bridgehead atoms. The lowest BCUT2D eigenvalue weighted by Crippen LogP contribution is -2.51. The third-order valence-electron chi connectivity index (χ3n) is 3.69. The zero-order chi connectivity index (χ0) is 13.3. The monoisotopic (exact) mass is 256 g/mol. The zero-order valence-electron chi connectivity index (χ0n) is 10.6. The molecule has 1 aromatic carbocycles. The van der Waals surface area contributed by atoms with Crippen LogP contribution in [0.1, 0.15) is 23.2 Å². The second-order valence-corrected chi connectivity index (χ2v) is 5.01. The Kier molecular flexibility index (Phi) is 3.05. The number of nitrogens with two attached hydrogens (primary N) is 1. The van der Waals surface area contributed by atoms with Crippen molar-refractivity contribution in [1.29, 1.82) is 0 Å². The molecule has 19 heavy (non-hydrogen) atoms.